The lowest BCUT2D eigenvalue weighted by Crippen LogP contribution is -2.51. The number of morpholine rings is 1. The van der Waals surface area contributed by atoms with E-state index in [-0.39, 0.29) is 11.3 Å². The Bertz CT molecular complexity index is 626. The fourth-order valence-corrected chi connectivity index (χ4v) is 5.13. The fraction of sp³-hybridized carbons (Fsp3) is 0.857. The molecule has 2 aliphatic rings. The van der Waals surface area contributed by atoms with Crippen LogP contribution < -0.4 is 0 Å². The summed E-state index contributed by atoms with van der Waals surface area (Å²) in [6.07, 6.45) is 1.55. The lowest BCUT2D eigenvalue weighted by atomic mass is 10.1. The highest BCUT2D eigenvalue weighted by molar-refractivity contribution is 7.89. The maximum Gasteiger partial charge on any atom is 0.233 e. The monoisotopic (exact) mass is 344 g/mol. The smallest absolute Gasteiger partial charge is 0.233 e. The summed E-state index contributed by atoms with van der Waals surface area (Å²) in [7, 11) is -3.28. The first-order valence-electron chi connectivity index (χ1n) is 8.09. The molecule has 3 rings (SSSR count). The molecule has 0 saturated carbocycles. The minimum absolute atomic E-state index is 0.0705. The van der Waals surface area contributed by atoms with Crippen LogP contribution in [0.2, 0.25) is 0 Å². The Balaban J connectivity index is 1.70. The van der Waals surface area contributed by atoms with Gasteiger partial charge in [-0.1, -0.05) is 0 Å². The number of aromatic nitrogens is 2. The second-order valence-electron chi connectivity index (χ2n) is 6.15. The third-order valence-electron chi connectivity index (χ3n) is 4.61. The SMILES string of the molecule is Cc1nnc([C@H](C)N2CCC[C@H](S(=O)(=O)N3CCOCC3)C2)o1. The zero-order valence-corrected chi connectivity index (χ0v) is 14.5. The van der Waals surface area contributed by atoms with E-state index in [0.717, 1.165) is 13.0 Å². The summed E-state index contributed by atoms with van der Waals surface area (Å²) < 4.78 is 38.0. The van der Waals surface area contributed by atoms with Crippen molar-refractivity contribution in [1.82, 2.24) is 19.4 Å². The fourth-order valence-electron chi connectivity index (χ4n) is 3.21. The summed E-state index contributed by atoms with van der Waals surface area (Å²) in [6.45, 7) is 6.96. The first kappa shape index (κ1) is 16.8. The normalized spacial score (nSPS) is 26.3. The quantitative estimate of drug-likeness (QED) is 0.788. The van der Waals surface area contributed by atoms with Crippen molar-refractivity contribution in [3.8, 4) is 0 Å². The van der Waals surface area contributed by atoms with Gasteiger partial charge in [0.15, 0.2) is 0 Å². The Morgan fingerprint density at radius 2 is 1.96 bits per heavy atom. The minimum Gasteiger partial charge on any atom is -0.424 e. The molecule has 8 nitrogen and oxygen atoms in total. The number of nitrogens with zero attached hydrogens (tertiary/aromatic N) is 4. The van der Waals surface area contributed by atoms with Gasteiger partial charge in [0.05, 0.1) is 24.5 Å². The third kappa shape index (κ3) is 3.57. The highest BCUT2D eigenvalue weighted by Crippen LogP contribution is 2.27. The number of aryl methyl sites for hydroxylation is 1. The maximum atomic E-state index is 12.8. The largest absolute Gasteiger partial charge is 0.424 e. The van der Waals surface area contributed by atoms with Crippen molar-refractivity contribution in [2.45, 2.75) is 38.0 Å². The van der Waals surface area contributed by atoms with E-state index in [1.165, 1.54) is 0 Å². The average Bonchev–Trinajstić information content (AvgIpc) is 3.01. The van der Waals surface area contributed by atoms with Gasteiger partial charge in [-0.05, 0) is 26.3 Å². The van der Waals surface area contributed by atoms with Gasteiger partial charge < -0.3 is 9.15 Å². The molecule has 0 unspecified atom stereocenters. The van der Waals surface area contributed by atoms with E-state index in [9.17, 15) is 8.42 Å². The van der Waals surface area contributed by atoms with Crippen LogP contribution in [-0.4, -0.2) is 72.5 Å². The molecule has 0 N–H and O–H groups in total. The molecule has 0 aliphatic carbocycles. The molecule has 2 atom stereocenters. The zero-order chi connectivity index (χ0) is 16.4. The molecular formula is C14H24N4O4S. The van der Waals surface area contributed by atoms with Crippen molar-refractivity contribution in [1.29, 1.82) is 0 Å². The lowest BCUT2D eigenvalue weighted by molar-refractivity contribution is 0.0714. The molecule has 0 amide bonds. The van der Waals surface area contributed by atoms with Crippen molar-refractivity contribution in [3.63, 3.8) is 0 Å². The predicted molar refractivity (Wildman–Crippen MR) is 83.4 cm³/mol. The van der Waals surface area contributed by atoms with Crippen molar-refractivity contribution < 1.29 is 17.6 Å². The number of rotatable bonds is 4. The van der Waals surface area contributed by atoms with E-state index < -0.39 is 10.0 Å². The van der Waals surface area contributed by atoms with Crippen molar-refractivity contribution in [3.05, 3.63) is 11.8 Å². The summed E-state index contributed by atoms with van der Waals surface area (Å²) in [5.74, 6) is 1.08. The van der Waals surface area contributed by atoms with Gasteiger partial charge in [0, 0.05) is 26.6 Å². The molecule has 0 aromatic carbocycles. The molecule has 3 heterocycles. The van der Waals surface area contributed by atoms with Gasteiger partial charge in [0.1, 0.15) is 0 Å². The summed E-state index contributed by atoms with van der Waals surface area (Å²) in [6, 6.07) is -0.0705. The van der Waals surface area contributed by atoms with Crippen LogP contribution in [0.1, 0.15) is 37.6 Å². The summed E-state index contributed by atoms with van der Waals surface area (Å²) in [5, 5.41) is 7.55. The molecular weight excluding hydrogens is 320 g/mol. The Morgan fingerprint density at radius 1 is 1.22 bits per heavy atom. The standard InChI is InChI=1S/C14H24N4O4S/c1-11(14-16-15-12(2)22-14)17-5-3-4-13(10-17)23(19,20)18-6-8-21-9-7-18/h11,13H,3-10H2,1-2H3/t11-,13-/m0/s1. The summed E-state index contributed by atoms with van der Waals surface area (Å²) >= 11 is 0. The molecule has 0 radical (unpaired) electrons. The lowest BCUT2D eigenvalue weighted by Gasteiger charge is -2.37. The maximum absolute atomic E-state index is 12.8. The van der Waals surface area contributed by atoms with E-state index >= 15 is 0 Å². The van der Waals surface area contributed by atoms with Gasteiger partial charge in [-0.2, -0.15) is 4.31 Å². The Hall–Kier alpha value is -1.03. The molecule has 0 bridgehead atoms. The van der Waals surface area contributed by atoms with Crippen molar-refractivity contribution in [2.24, 2.45) is 0 Å². The molecule has 2 aliphatic heterocycles. The number of ether oxygens (including phenoxy) is 1. The van der Waals surface area contributed by atoms with Crippen LogP contribution in [0.15, 0.2) is 4.42 Å². The molecule has 1 aromatic rings. The van der Waals surface area contributed by atoms with E-state index in [2.05, 4.69) is 15.1 Å². The molecule has 130 valence electrons. The van der Waals surface area contributed by atoms with Crippen LogP contribution >= 0.6 is 0 Å². The highest BCUT2D eigenvalue weighted by Gasteiger charge is 2.37. The third-order valence-corrected chi connectivity index (χ3v) is 6.92. The molecule has 23 heavy (non-hydrogen) atoms. The Kier molecular flexibility index (Phi) is 5.00. The van der Waals surface area contributed by atoms with E-state index in [1.54, 1.807) is 11.2 Å². The van der Waals surface area contributed by atoms with Gasteiger partial charge >= 0.3 is 0 Å². The van der Waals surface area contributed by atoms with Crippen LogP contribution in [0.3, 0.4) is 0 Å². The van der Waals surface area contributed by atoms with Crippen LogP contribution in [0.25, 0.3) is 0 Å². The molecule has 1 aromatic heterocycles. The number of sulfonamides is 1. The van der Waals surface area contributed by atoms with Crippen LogP contribution in [0.5, 0.6) is 0 Å². The number of hydrogen-bond acceptors (Lipinski definition) is 7. The van der Waals surface area contributed by atoms with E-state index in [0.29, 0.717) is 51.1 Å². The summed E-state index contributed by atoms with van der Waals surface area (Å²) in [4.78, 5) is 2.12. The van der Waals surface area contributed by atoms with Gasteiger partial charge in [-0.15, -0.1) is 10.2 Å². The van der Waals surface area contributed by atoms with E-state index in [4.69, 9.17) is 9.15 Å². The Morgan fingerprint density at radius 3 is 2.61 bits per heavy atom. The second-order valence-corrected chi connectivity index (χ2v) is 8.36. The minimum atomic E-state index is -3.28. The first-order valence-corrected chi connectivity index (χ1v) is 9.59. The van der Waals surface area contributed by atoms with E-state index in [1.807, 2.05) is 6.92 Å². The van der Waals surface area contributed by atoms with Crippen LogP contribution in [0.4, 0.5) is 0 Å². The topological polar surface area (TPSA) is 88.8 Å². The highest BCUT2D eigenvalue weighted by atomic mass is 32.2. The first-order chi connectivity index (χ1) is 11.0. The zero-order valence-electron chi connectivity index (χ0n) is 13.6. The molecule has 2 fully saturated rings. The van der Waals surface area contributed by atoms with Crippen molar-refractivity contribution in [2.75, 3.05) is 39.4 Å². The molecule has 2 saturated heterocycles. The number of piperidine rings is 1. The number of hydrogen-bond donors (Lipinski definition) is 0. The number of likely N-dealkylation sites (tertiary alicyclic amines) is 1. The van der Waals surface area contributed by atoms with Gasteiger partial charge in [-0.3, -0.25) is 4.90 Å². The average molecular weight is 344 g/mol. The van der Waals surface area contributed by atoms with Crippen LogP contribution in [0, 0.1) is 6.92 Å². The van der Waals surface area contributed by atoms with Gasteiger partial charge in [0.2, 0.25) is 21.8 Å². The van der Waals surface area contributed by atoms with Gasteiger partial charge in [-0.25, -0.2) is 8.42 Å². The Labute approximate surface area is 136 Å². The predicted octanol–water partition coefficient (Wildman–Crippen LogP) is 0.565. The van der Waals surface area contributed by atoms with Gasteiger partial charge in [0.25, 0.3) is 0 Å². The molecule has 9 heteroatoms. The van der Waals surface area contributed by atoms with Crippen molar-refractivity contribution >= 4 is 10.0 Å². The van der Waals surface area contributed by atoms with Crippen LogP contribution in [-0.2, 0) is 14.8 Å². The summed E-state index contributed by atoms with van der Waals surface area (Å²) in [5.41, 5.74) is 0. The second kappa shape index (κ2) is 6.84. The molecule has 0 spiro atoms.